The molecule has 2 aromatic rings. The van der Waals surface area contributed by atoms with Gasteiger partial charge in [0, 0.05) is 24.8 Å². The molecule has 1 N–H and O–H groups in total. The Morgan fingerprint density at radius 1 is 1.14 bits per heavy atom. The summed E-state index contributed by atoms with van der Waals surface area (Å²) < 4.78 is 2.04. The molecule has 1 aromatic heterocycles. The van der Waals surface area contributed by atoms with Gasteiger partial charge in [0.2, 0.25) is 0 Å². The standard InChI is InChI=1S/C18H27N3/c1-6-16-18(17(7-2)21(5)20-16)15-10-9-14(11-13(15)4)12-19-8-3/h9-11,19H,6-8,12H2,1-5H3. The van der Waals surface area contributed by atoms with Gasteiger partial charge in [0.15, 0.2) is 0 Å². The second kappa shape index (κ2) is 6.90. The molecule has 0 aliphatic carbocycles. The van der Waals surface area contributed by atoms with Gasteiger partial charge in [0.1, 0.15) is 0 Å². The summed E-state index contributed by atoms with van der Waals surface area (Å²) in [6, 6.07) is 6.79. The van der Waals surface area contributed by atoms with Crippen molar-refractivity contribution >= 4 is 0 Å². The highest BCUT2D eigenvalue weighted by Crippen LogP contribution is 2.31. The van der Waals surface area contributed by atoms with Crippen LogP contribution in [-0.4, -0.2) is 16.3 Å². The molecule has 0 aliphatic rings. The molecule has 1 aromatic carbocycles. The first kappa shape index (κ1) is 15.8. The van der Waals surface area contributed by atoms with Crippen LogP contribution in [0.3, 0.4) is 0 Å². The van der Waals surface area contributed by atoms with Crippen molar-refractivity contribution in [1.82, 2.24) is 15.1 Å². The third kappa shape index (κ3) is 3.18. The maximum atomic E-state index is 4.69. The fourth-order valence-corrected chi connectivity index (χ4v) is 2.97. The summed E-state index contributed by atoms with van der Waals surface area (Å²) in [5, 5.41) is 8.08. The second-order valence-electron chi connectivity index (χ2n) is 5.53. The Morgan fingerprint density at radius 2 is 1.90 bits per heavy atom. The number of nitrogens with zero attached hydrogens (tertiary/aromatic N) is 2. The van der Waals surface area contributed by atoms with E-state index < -0.39 is 0 Å². The minimum atomic E-state index is 0.936. The van der Waals surface area contributed by atoms with Gasteiger partial charge in [-0.3, -0.25) is 4.68 Å². The number of aryl methyl sites for hydroxylation is 3. The number of aromatic nitrogens is 2. The largest absolute Gasteiger partial charge is 0.313 e. The third-order valence-electron chi connectivity index (χ3n) is 4.05. The first-order valence-electron chi connectivity index (χ1n) is 7.97. The molecule has 1 heterocycles. The van der Waals surface area contributed by atoms with Gasteiger partial charge in [-0.2, -0.15) is 5.10 Å². The van der Waals surface area contributed by atoms with Gasteiger partial charge in [-0.1, -0.05) is 39.0 Å². The molecule has 2 rings (SSSR count). The number of hydrogen-bond donors (Lipinski definition) is 1. The number of hydrogen-bond acceptors (Lipinski definition) is 2. The van der Waals surface area contributed by atoms with E-state index in [-0.39, 0.29) is 0 Å². The van der Waals surface area contributed by atoms with Crippen LogP contribution in [0.5, 0.6) is 0 Å². The Balaban J connectivity index is 2.47. The Kier molecular flexibility index (Phi) is 5.18. The summed E-state index contributed by atoms with van der Waals surface area (Å²) in [5.74, 6) is 0. The van der Waals surface area contributed by atoms with E-state index in [4.69, 9.17) is 5.10 Å². The monoisotopic (exact) mass is 285 g/mol. The molecule has 0 aliphatic heterocycles. The van der Waals surface area contributed by atoms with Crippen LogP contribution in [0.4, 0.5) is 0 Å². The van der Waals surface area contributed by atoms with Crippen LogP contribution in [-0.2, 0) is 26.4 Å². The van der Waals surface area contributed by atoms with E-state index in [0.29, 0.717) is 0 Å². The smallest absolute Gasteiger partial charge is 0.0703 e. The first-order valence-corrected chi connectivity index (χ1v) is 7.97. The maximum absolute atomic E-state index is 4.69. The van der Waals surface area contributed by atoms with Crippen LogP contribution in [0.1, 0.15) is 43.3 Å². The van der Waals surface area contributed by atoms with E-state index in [2.05, 4.69) is 58.3 Å². The molecule has 3 heteroatoms. The SMILES string of the molecule is CCNCc1ccc(-c2c(CC)nn(C)c2CC)c(C)c1. The van der Waals surface area contributed by atoms with Crippen molar-refractivity contribution < 1.29 is 0 Å². The van der Waals surface area contributed by atoms with E-state index in [1.807, 2.05) is 4.68 Å². The van der Waals surface area contributed by atoms with E-state index >= 15 is 0 Å². The summed E-state index contributed by atoms with van der Waals surface area (Å²) in [6.07, 6.45) is 1.99. The summed E-state index contributed by atoms with van der Waals surface area (Å²) >= 11 is 0. The normalized spacial score (nSPS) is 11.1. The average molecular weight is 285 g/mol. The molecular weight excluding hydrogens is 258 g/mol. The lowest BCUT2D eigenvalue weighted by molar-refractivity contribution is 0.705. The van der Waals surface area contributed by atoms with Crippen LogP contribution in [0.25, 0.3) is 11.1 Å². The highest BCUT2D eigenvalue weighted by atomic mass is 15.3. The molecule has 21 heavy (non-hydrogen) atoms. The van der Waals surface area contributed by atoms with Crippen molar-refractivity contribution in [3.8, 4) is 11.1 Å². The van der Waals surface area contributed by atoms with Gasteiger partial charge < -0.3 is 5.32 Å². The highest BCUT2D eigenvalue weighted by Gasteiger charge is 2.17. The van der Waals surface area contributed by atoms with Crippen LogP contribution < -0.4 is 5.32 Å². The van der Waals surface area contributed by atoms with Crippen molar-refractivity contribution in [3.05, 3.63) is 40.7 Å². The lowest BCUT2D eigenvalue weighted by Gasteiger charge is -2.11. The van der Waals surface area contributed by atoms with E-state index in [1.165, 1.54) is 33.6 Å². The molecular formula is C18H27N3. The lowest BCUT2D eigenvalue weighted by Crippen LogP contribution is -2.11. The van der Waals surface area contributed by atoms with Gasteiger partial charge >= 0.3 is 0 Å². The van der Waals surface area contributed by atoms with Crippen molar-refractivity contribution in [1.29, 1.82) is 0 Å². The Morgan fingerprint density at radius 3 is 2.48 bits per heavy atom. The second-order valence-corrected chi connectivity index (χ2v) is 5.53. The molecule has 0 amide bonds. The average Bonchev–Trinajstić information content (AvgIpc) is 2.80. The zero-order chi connectivity index (χ0) is 15.4. The lowest BCUT2D eigenvalue weighted by atomic mass is 9.95. The summed E-state index contributed by atoms with van der Waals surface area (Å²) in [4.78, 5) is 0. The van der Waals surface area contributed by atoms with Crippen LogP contribution in [0.15, 0.2) is 18.2 Å². The molecule has 0 atom stereocenters. The van der Waals surface area contributed by atoms with E-state index in [9.17, 15) is 0 Å². The van der Waals surface area contributed by atoms with E-state index in [0.717, 1.165) is 25.9 Å². The number of benzene rings is 1. The van der Waals surface area contributed by atoms with E-state index in [1.54, 1.807) is 0 Å². The van der Waals surface area contributed by atoms with Crippen molar-refractivity contribution in [2.45, 2.75) is 47.1 Å². The van der Waals surface area contributed by atoms with Crippen LogP contribution in [0.2, 0.25) is 0 Å². The predicted molar refractivity (Wildman–Crippen MR) is 89.5 cm³/mol. The highest BCUT2D eigenvalue weighted by molar-refractivity contribution is 5.72. The van der Waals surface area contributed by atoms with Crippen LogP contribution in [0, 0.1) is 6.92 Å². The predicted octanol–water partition coefficient (Wildman–Crippen LogP) is 3.63. The maximum Gasteiger partial charge on any atom is 0.0703 e. The van der Waals surface area contributed by atoms with Gasteiger partial charge in [0.25, 0.3) is 0 Å². The minimum absolute atomic E-state index is 0.936. The Bertz CT molecular complexity index is 611. The van der Waals surface area contributed by atoms with Crippen molar-refractivity contribution in [2.24, 2.45) is 7.05 Å². The molecule has 0 radical (unpaired) electrons. The molecule has 0 bridgehead atoms. The molecule has 0 unspecified atom stereocenters. The zero-order valence-electron chi connectivity index (χ0n) is 14.0. The van der Waals surface area contributed by atoms with Crippen LogP contribution >= 0.6 is 0 Å². The Hall–Kier alpha value is -1.61. The number of rotatable bonds is 6. The van der Waals surface area contributed by atoms with Gasteiger partial charge in [-0.15, -0.1) is 0 Å². The van der Waals surface area contributed by atoms with Gasteiger partial charge in [-0.25, -0.2) is 0 Å². The molecule has 114 valence electrons. The quantitative estimate of drug-likeness (QED) is 0.878. The molecule has 0 spiro atoms. The molecule has 0 saturated carbocycles. The summed E-state index contributed by atoms with van der Waals surface area (Å²) in [5.41, 5.74) is 7.89. The fourth-order valence-electron chi connectivity index (χ4n) is 2.97. The van der Waals surface area contributed by atoms with Crippen molar-refractivity contribution in [2.75, 3.05) is 6.54 Å². The molecule has 0 saturated heterocycles. The zero-order valence-corrected chi connectivity index (χ0v) is 14.0. The summed E-state index contributed by atoms with van der Waals surface area (Å²) in [7, 11) is 2.05. The minimum Gasteiger partial charge on any atom is -0.313 e. The fraction of sp³-hybridized carbons (Fsp3) is 0.500. The Labute approximate surface area is 128 Å². The van der Waals surface area contributed by atoms with Crippen molar-refractivity contribution in [3.63, 3.8) is 0 Å². The third-order valence-corrected chi connectivity index (χ3v) is 4.05. The molecule has 0 fully saturated rings. The first-order chi connectivity index (χ1) is 10.1. The topological polar surface area (TPSA) is 29.9 Å². The summed E-state index contributed by atoms with van der Waals surface area (Å²) in [6.45, 7) is 10.7. The number of nitrogens with one attached hydrogen (secondary N) is 1. The molecule has 3 nitrogen and oxygen atoms in total. The van der Waals surface area contributed by atoms with Gasteiger partial charge in [0.05, 0.1) is 5.69 Å². The van der Waals surface area contributed by atoms with Gasteiger partial charge in [-0.05, 0) is 43.0 Å².